The Labute approximate surface area is 270 Å². The molecular weight excluding hydrogens is 594 g/mol. The Kier molecular flexibility index (Phi) is 7.46. The van der Waals surface area contributed by atoms with Crippen LogP contribution in [0, 0.1) is 50.7 Å². The molecule has 6 unspecified atom stereocenters. The molecule has 2 heterocycles. The fourth-order valence-electron chi connectivity index (χ4n) is 13.4. The maximum Gasteiger partial charge on any atom is 0.211 e. The van der Waals surface area contributed by atoms with Gasteiger partial charge in [0.2, 0.25) is 10.0 Å². The summed E-state index contributed by atoms with van der Waals surface area (Å²) in [4.78, 5) is 0. The van der Waals surface area contributed by atoms with E-state index in [9.17, 15) is 23.7 Å². The molecule has 0 bridgehead atoms. The number of hydrogen-bond donors (Lipinski definition) is 3. The Morgan fingerprint density at radius 3 is 2.36 bits per heavy atom. The number of rotatable bonds is 5. The van der Waals surface area contributed by atoms with E-state index in [-0.39, 0.29) is 57.7 Å². The highest BCUT2D eigenvalue weighted by atomic mass is 32.2. The molecule has 7 rings (SSSR count). The van der Waals surface area contributed by atoms with Crippen LogP contribution in [0.25, 0.3) is 0 Å². The summed E-state index contributed by atoms with van der Waals surface area (Å²) in [6.45, 7) is 16.0. The molecule has 0 aromatic carbocycles. The number of ether oxygens (including phenoxy) is 3. The molecule has 0 aromatic heterocycles. The molecule has 7 aliphatic rings. The van der Waals surface area contributed by atoms with Crippen LogP contribution < -0.4 is 0 Å². The number of aliphatic hydroxyl groups is 3. The van der Waals surface area contributed by atoms with Gasteiger partial charge in [0.25, 0.3) is 0 Å². The van der Waals surface area contributed by atoms with E-state index in [0.717, 1.165) is 32.1 Å². The van der Waals surface area contributed by atoms with Crippen LogP contribution in [-0.2, 0) is 24.2 Å². The molecule has 3 N–H and O–H groups in total. The first-order valence-corrected chi connectivity index (χ1v) is 19.5. The summed E-state index contributed by atoms with van der Waals surface area (Å²) in [5, 5.41) is 34.0. The molecule has 45 heavy (non-hydrogen) atoms. The molecule has 2 spiro atoms. The van der Waals surface area contributed by atoms with Gasteiger partial charge in [-0.2, -0.15) is 4.31 Å². The molecule has 0 radical (unpaired) electrons. The van der Waals surface area contributed by atoms with Crippen LogP contribution in [0.1, 0.15) is 99.8 Å². The molecule has 9 nitrogen and oxygen atoms in total. The van der Waals surface area contributed by atoms with Gasteiger partial charge >= 0.3 is 0 Å². The van der Waals surface area contributed by atoms with Gasteiger partial charge in [0.15, 0.2) is 6.29 Å². The molecule has 2 aliphatic heterocycles. The third-order valence-electron chi connectivity index (χ3n) is 15.6. The third kappa shape index (κ3) is 4.37. The number of aliphatic hydroxyl groups excluding tert-OH is 2. The third-order valence-corrected chi connectivity index (χ3v) is 16.9. The summed E-state index contributed by atoms with van der Waals surface area (Å²) in [6, 6.07) is 0. The van der Waals surface area contributed by atoms with Crippen molar-refractivity contribution in [1.29, 1.82) is 0 Å². The van der Waals surface area contributed by atoms with Gasteiger partial charge in [-0.15, -0.1) is 0 Å². The first kappa shape index (κ1) is 33.2. The van der Waals surface area contributed by atoms with E-state index in [1.54, 1.807) is 13.8 Å². The Hall–Kier alpha value is -0.330. The minimum atomic E-state index is -3.29. The summed E-state index contributed by atoms with van der Waals surface area (Å²) in [5.74, 6) is 1.41. The van der Waals surface area contributed by atoms with Crippen molar-refractivity contribution >= 4 is 10.0 Å². The lowest BCUT2D eigenvalue weighted by Gasteiger charge is -2.64. The van der Waals surface area contributed by atoms with Gasteiger partial charge in [-0.05, 0) is 111 Å². The first-order chi connectivity index (χ1) is 20.7. The quantitative estimate of drug-likeness (QED) is 0.408. The van der Waals surface area contributed by atoms with E-state index in [4.69, 9.17) is 14.2 Å². The molecule has 0 aromatic rings. The highest BCUT2D eigenvalue weighted by molar-refractivity contribution is 7.88. The minimum absolute atomic E-state index is 0.00426. The Balaban J connectivity index is 1.13. The lowest BCUT2D eigenvalue weighted by Crippen LogP contribution is -2.60. The second-order valence-corrected chi connectivity index (χ2v) is 20.2. The topological polar surface area (TPSA) is 126 Å². The molecule has 14 atom stereocenters. The average Bonchev–Trinajstić information content (AvgIpc) is 3.58. The van der Waals surface area contributed by atoms with Gasteiger partial charge in [0, 0.05) is 12.0 Å². The summed E-state index contributed by atoms with van der Waals surface area (Å²) in [7, 11) is -3.29. The van der Waals surface area contributed by atoms with Crippen molar-refractivity contribution in [2.24, 2.45) is 50.7 Å². The van der Waals surface area contributed by atoms with Crippen LogP contribution >= 0.6 is 0 Å². The largest absolute Gasteiger partial charge is 0.390 e. The summed E-state index contributed by atoms with van der Waals surface area (Å²) in [6.07, 6.45) is 6.68. The molecule has 5 saturated carbocycles. The zero-order valence-corrected chi connectivity index (χ0v) is 29.6. The van der Waals surface area contributed by atoms with E-state index in [1.807, 2.05) is 0 Å². The Morgan fingerprint density at radius 1 is 1.02 bits per heavy atom. The van der Waals surface area contributed by atoms with Crippen molar-refractivity contribution in [3.63, 3.8) is 0 Å². The van der Waals surface area contributed by atoms with Crippen LogP contribution in [0.4, 0.5) is 0 Å². The summed E-state index contributed by atoms with van der Waals surface area (Å²) >= 11 is 0. The molecule has 7 fully saturated rings. The van der Waals surface area contributed by atoms with Gasteiger partial charge in [-0.3, -0.25) is 0 Å². The Morgan fingerprint density at radius 2 is 1.69 bits per heavy atom. The zero-order valence-electron chi connectivity index (χ0n) is 28.8. The predicted molar refractivity (Wildman–Crippen MR) is 169 cm³/mol. The highest BCUT2D eigenvalue weighted by Crippen LogP contribution is 2.89. The zero-order chi connectivity index (χ0) is 32.8. The molecule has 0 amide bonds. The van der Waals surface area contributed by atoms with Crippen molar-refractivity contribution in [1.82, 2.24) is 4.31 Å². The number of nitrogens with zero attached hydrogens (tertiary/aromatic N) is 1. The standard InChI is InChI=1S/C35H59NO8S/c1-20-17-21(28(37)31(4,5)39)43-27-26(20)32(6)13-14-35-19-34(35)12-11-24(44-25-18-36(15-16-42-25)45(8,40)41)30(2,3)22(34)9-10-23(35)33(32,7)29(27)38/h20-29,37-39H,9-19H2,1-8H3/t20?,21?,22-,23-,24?,25-,26?,27?,28-,29-,32+,33+,34+,35?/m0/s1. The van der Waals surface area contributed by atoms with Crippen molar-refractivity contribution < 1.29 is 37.9 Å². The molecule has 258 valence electrons. The van der Waals surface area contributed by atoms with E-state index in [2.05, 4.69) is 34.6 Å². The van der Waals surface area contributed by atoms with Crippen LogP contribution in [0.3, 0.4) is 0 Å². The van der Waals surface area contributed by atoms with Crippen molar-refractivity contribution in [2.75, 3.05) is 26.0 Å². The lowest BCUT2D eigenvalue weighted by molar-refractivity contribution is -0.243. The normalized spacial score (nSPS) is 53.4. The van der Waals surface area contributed by atoms with E-state index in [0.29, 0.717) is 31.4 Å². The second-order valence-electron chi connectivity index (χ2n) is 18.2. The Bertz CT molecular complexity index is 1300. The predicted octanol–water partition coefficient (Wildman–Crippen LogP) is 3.93. The summed E-state index contributed by atoms with van der Waals surface area (Å²) in [5.41, 5.74) is -1.24. The fourth-order valence-corrected chi connectivity index (χ4v) is 14.2. The van der Waals surface area contributed by atoms with E-state index in [1.165, 1.54) is 23.4 Å². The van der Waals surface area contributed by atoms with Crippen molar-refractivity contribution in [2.45, 2.75) is 142 Å². The minimum Gasteiger partial charge on any atom is -0.390 e. The van der Waals surface area contributed by atoms with E-state index >= 15 is 0 Å². The van der Waals surface area contributed by atoms with Crippen LogP contribution in [0.15, 0.2) is 0 Å². The van der Waals surface area contributed by atoms with Crippen molar-refractivity contribution in [3.05, 3.63) is 0 Å². The average molecular weight is 654 g/mol. The van der Waals surface area contributed by atoms with Crippen LogP contribution in [-0.4, -0.2) is 96.4 Å². The van der Waals surface area contributed by atoms with Gasteiger partial charge in [-0.25, -0.2) is 8.42 Å². The highest BCUT2D eigenvalue weighted by Gasteiger charge is 2.84. The maximum absolute atomic E-state index is 12.4. The van der Waals surface area contributed by atoms with Crippen molar-refractivity contribution in [3.8, 4) is 0 Å². The lowest BCUT2D eigenvalue weighted by atomic mass is 9.41. The molecule has 5 aliphatic carbocycles. The fraction of sp³-hybridized carbons (Fsp3) is 1.00. The van der Waals surface area contributed by atoms with Gasteiger partial charge in [0.05, 0.1) is 49.4 Å². The molecular formula is C35H59NO8S. The van der Waals surface area contributed by atoms with E-state index < -0.39 is 40.2 Å². The molecule has 2 saturated heterocycles. The van der Waals surface area contributed by atoms with Crippen LogP contribution in [0.2, 0.25) is 0 Å². The monoisotopic (exact) mass is 653 g/mol. The van der Waals surface area contributed by atoms with Gasteiger partial charge in [0.1, 0.15) is 6.10 Å². The smallest absolute Gasteiger partial charge is 0.211 e. The second kappa shape index (κ2) is 10.1. The van der Waals surface area contributed by atoms with Crippen LogP contribution in [0.5, 0.6) is 0 Å². The number of sulfonamides is 1. The van der Waals surface area contributed by atoms with Gasteiger partial charge in [-0.1, -0.05) is 34.6 Å². The van der Waals surface area contributed by atoms with Gasteiger partial charge < -0.3 is 29.5 Å². The number of fused-ring (bicyclic) bond motifs is 4. The summed E-state index contributed by atoms with van der Waals surface area (Å²) < 4.78 is 45.2. The maximum atomic E-state index is 12.4. The number of morpholine rings is 1. The first-order valence-electron chi connectivity index (χ1n) is 17.7. The molecule has 10 heteroatoms. The SMILES string of the molecule is CC1CC([C@H](O)C(C)(C)O)OC2C1[C@@]1(C)CCC34C[C@@]35CCC(O[C@H]3CN(S(C)(=O)=O)CCO3)C(C)(C)[C@@H]5CC[C@H]4[C@]1(C)[C@H]2O. The number of hydrogen-bond acceptors (Lipinski definition) is 8.